The molecule has 0 aliphatic heterocycles. The highest BCUT2D eigenvalue weighted by Crippen LogP contribution is 2.16. The van der Waals surface area contributed by atoms with Crippen LogP contribution in [0.1, 0.15) is 45.4 Å². The molecule has 0 saturated carbocycles. The lowest BCUT2D eigenvalue weighted by molar-refractivity contribution is 0.749. The van der Waals surface area contributed by atoms with Crippen molar-refractivity contribution in [1.82, 2.24) is 0 Å². The Kier molecular flexibility index (Phi) is 4.59. The monoisotopic (exact) mass is 176 g/mol. The lowest BCUT2D eigenvalue weighted by atomic mass is 10.0. The van der Waals surface area contributed by atoms with Crippen molar-refractivity contribution in [3.8, 4) is 0 Å². The first-order valence-electron chi connectivity index (χ1n) is 5.29. The average molecular weight is 176 g/mol. The molecule has 0 aromatic carbocycles. The summed E-state index contributed by atoms with van der Waals surface area (Å²) in [5.74, 6) is 0. The van der Waals surface area contributed by atoms with E-state index in [1.165, 1.54) is 43.3 Å². The lowest BCUT2D eigenvalue weighted by Crippen LogP contribution is -1.85. The van der Waals surface area contributed by atoms with Crippen LogP contribution in [0.2, 0.25) is 0 Å². The van der Waals surface area contributed by atoms with Gasteiger partial charge in [0.05, 0.1) is 0 Å². The summed E-state index contributed by atoms with van der Waals surface area (Å²) in [6.07, 6.45) is 14.5. The highest BCUT2D eigenvalue weighted by Gasteiger charge is 1.96. The average Bonchev–Trinajstić information content (AvgIpc) is 2.01. The summed E-state index contributed by atoms with van der Waals surface area (Å²) in [6, 6.07) is 0. The standard InChI is InChI=1S/C13H20/c1-12(2)10-11-13-8-6-4-3-5-7-9-13/h6,8-9H,1,3-5,7,10-11H2,2H3. The highest BCUT2D eigenvalue weighted by atomic mass is 14.0. The Bertz CT molecular complexity index is 218. The van der Waals surface area contributed by atoms with Gasteiger partial charge < -0.3 is 0 Å². The minimum absolute atomic E-state index is 1.14. The predicted octanol–water partition coefficient (Wildman–Crippen LogP) is 4.40. The molecule has 0 aromatic rings. The van der Waals surface area contributed by atoms with Gasteiger partial charge in [0.25, 0.3) is 0 Å². The van der Waals surface area contributed by atoms with Gasteiger partial charge >= 0.3 is 0 Å². The fourth-order valence-electron chi connectivity index (χ4n) is 1.54. The fourth-order valence-corrected chi connectivity index (χ4v) is 1.54. The summed E-state index contributed by atoms with van der Waals surface area (Å²) in [7, 11) is 0. The van der Waals surface area contributed by atoms with Gasteiger partial charge in [0.2, 0.25) is 0 Å². The second-order valence-corrected chi connectivity index (χ2v) is 3.92. The molecule has 0 spiro atoms. The normalized spacial score (nSPS) is 17.5. The van der Waals surface area contributed by atoms with Crippen LogP contribution in [0.3, 0.4) is 0 Å². The molecule has 0 atom stereocenters. The molecule has 0 heteroatoms. The Labute approximate surface area is 82.0 Å². The highest BCUT2D eigenvalue weighted by molar-refractivity contribution is 5.20. The molecule has 13 heavy (non-hydrogen) atoms. The summed E-state index contributed by atoms with van der Waals surface area (Å²) < 4.78 is 0. The predicted molar refractivity (Wildman–Crippen MR) is 59.7 cm³/mol. The van der Waals surface area contributed by atoms with E-state index in [4.69, 9.17) is 0 Å². The van der Waals surface area contributed by atoms with Crippen LogP contribution in [0.5, 0.6) is 0 Å². The summed E-state index contributed by atoms with van der Waals surface area (Å²) in [5.41, 5.74) is 2.79. The molecule has 1 aliphatic carbocycles. The van der Waals surface area contributed by atoms with E-state index in [2.05, 4.69) is 31.7 Å². The number of hydrogen-bond acceptors (Lipinski definition) is 0. The van der Waals surface area contributed by atoms with Crippen molar-refractivity contribution >= 4 is 0 Å². The van der Waals surface area contributed by atoms with Gasteiger partial charge in [0, 0.05) is 0 Å². The molecule has 0 nitrogen and oxygen atoms in total. The fraction of sp³-hybridized carbons (Fsp3) is 0.538. The van der Waals surface area contributed by atoms with Gasteiger partial charge in [0.15, 0.2) is 0 Å². The van der Waals surface area contributed by atoms with Gasteiger partial charge in [-0.3, -0.25) is 0 Å². The van der Waals surface area contributed by atoms with Gasteiger partial charge in [-0.1, -0.05) is 29.4 Å². The molecule has 0 saturated heterocycles. The molecule has 72 valence electrons. The maximum atomic E-state index is 3.93. The molecule has 0 bridgehead atoms. The maximum absolute atomic E-state index is 3.93. The molecule has 0 heterocycles. The van der Waals surface area contributed by atoms with Crippen LogP contribution in [0, 0.1) is 0 Å². The Morgan fingerprint density at radius 1 is 1.38 bits per heavy atom. The molecular formula is C13H20. The second-order valence-electron chi connectivity index (χ2n) is 3.92. The van der Waals surface area contributed by atoms with Crippen LogP contribution in [-0.2, 0) is 0 Å². The van der Waals surface area contributed by atoms with E-state index < -0.39 is 0 Å². The van der Waals surface area contributed by atoms with Crippen LogP contribution >= 0.6 is 0 Å². The lowest BCUT2D eigenvalue weighted by Gasteiger charge is -2.05. The Hall–Kier alpha value is -0.780. The Balaban J connectivity index is 2.41. The maximum Gasteiger partial charge on any atom is -0.0245 e. The van der Waals surface area contributed by atoms with E-state index >= 15 is 0 Å². The minimum atomic E-state index is 1.14. The zero-order valence-electron chi connectivity index (χ0n) is 8.68. The van der Waals surface area contributed by atoms with Crippen molar-refractivity contribution in [3.05, 3.63) is 36.0 Å². The van der Waals surface area contributed by atoms with Crippen LogP contribution in [-0.4, -0.2) is 0 Å². The first-order chi connectivity index (χ1) is 6.29. The van der Waals surface area contributed by atoms with Crippen molar-refractivity contribution in [2.45, 2.75) is 45.4 Å². The third kappa shape index (κ3) is 4.72. The van der Waals surface area contributed by atoms with Gasteiger partial charge in [0.1, 0.15) is 0 Å². The minimum Gasteiger partial charge on any atom is -0.100 e. The van der Waals surface area contributed by atoms with Gasteiger partial charge in [-0.2, -0.15) is 0 Å². The number of hydrogen-bond donors (Lipinski definition) is 0. The quantitative estimate of drug-likeness (QED) is 0.559. The molecule has 0 N–H and O–H groups in total. The summed E-state index contributed by atoms with van der Waals surface area (Å²) in [6.45, 7) is 6.03. The molecule has 1 aliphatic rings. The van der Waals surface area contributed by atoms with E-state index in [9.17, 15) is 0 Å². The molecule has 0 radical (unpaired) electrons. The van der Waals surface area contributed by atoms with Crippen molar-refractivity contribution in [3.63, 3.8) is 0 Å². The Morgan fingerprint density at radius 3 is 2.92 bits per heavy atom. The van der Waals surface area contributed by atoms with Crippen molar-refractivity contribution < 1.29 is 0 Å². The van der Waals surface area contributed by atoms with Gasteiger partial charge in [-0.05, 0) is 45.4 Å². The topological polar surface area (TPSA) is 0 Å². The number of rotatable bonds is 3. The third-order valence-electron chi connectivity index (χ3n) is 2.40. The summed E-state index contributed by atoms with van der Waals surface area (Å²) in [5, 5.41) is 0. The van der Waals surface area contributed by atoms with Gasteiger partial charge in [-0.25, -0.2) is 0 Å². The molecular weight excluding hydrogens is 156 g/mol. The van der Waals surface area contributed by atoms with E-state index in [0.717, 1.165) is 6.42 Å². The molecule has 1 rings (SSSR count). The molecule has 0 amide bonds. The molecule has 0 unspecified atom stereocenters. The molecule has 0 aromatic heterocycles. The zero-order valence-corrected chi connectivity index (χ0v) is 8.68. The first kappa shape index (κ1) is 10.3. The van der Waals surface area contributed by atoms with Crippen LogP contribution in [0.4, 0.5) is 0 Å². The third-order valence-corrected chi connectivity index (χ3v) is 2.40. The van der Waals surface area contributed by atoms with Crippen molar-refractivity contribution in [2.24, 2.45) is 0 Å². The van der Waals surface area contributed by atoms with Crippen molar-refractivity contribution in [2.75, 3.05) is 0 Å². The van der Waals surface area contributed by atoms with E-state index in [0.29, 0.717) is 0 Å². The van der Waals surface area contributed by atoms with E-state index in [-0.39, 0.29) is 0 Å². The largest absolute Gasteiger partial charge is 0.100 e. The first-order valence-corrected chi connectivity index (χ1v) is 5.29. The van der Waals surface area contributed by atoms with Crippen LogP contribution in [0.15, 0.2) is 36.0 Å². The van der Waals surface area contributed by atoms with Crippen LogP contribution in [0.25, 0.3) is 0 Å². The zero-order chi connectivity index (χ0) is 9.52. The Morgan fingerprint density at radius 2 is 2.15 bits per heavy atom. The summed E-state index contributed by atoms with van der Waals surface area (Å²) in [4.78, 5) is 0. The van der Waals surface area contributed by atoms with E-state index in [1.54, 1.807) is 0 Å². The SMILES string of the molecule is C=C(C)CCC1=CCCCCC=C1. The van der Waals surface area contributed by atoms with Crippen LogP contribution < -0.4 is 0 Å². The van der Waals surface area contributed by atoms with Gasteiger partial charge in [-0.15, -0.1) is 6.58 Å². The summed E-state index contributed by atoms with van der Waals surface area (Å²) >= 11 is 0. The second kappa shape index (κ2) is 5.80. The molecule has 0 fully saturated rings. The van der Waals surface area contributed by atoms with E-state index in [1.807, 2.05) is 0 Å². The number of allylic oxidation sites excluding steroid dienone is 5. The van der Waals surface area contributed by atoms with Crippen molar-refractivity contribution in [1.29, 1.82) is 0 Å². The smallest absolute Gasteiger partial charge is 0.0245 e.